The van der Waals surface area contributed by atoms with Gasteiger partial charge in [0, 0.05) is 22.8 Å². The van der Waals surface area contributed by atoms with E-state index in [9.17, 15) is 4.79 Å². The van der Waals surface area contributed by atoms with Crippen LogP contribution in [0.15, 0.2) is 22.7 Å². The smallest absolute Gasteiger partial charge is 0.237 e. The molecule has 0 aromatic heterocycles. The van der Waals surface area contributed by atoms with Crippen molar-refractivity contribution in [2.45, 2.75) is 25.7 Å². The van der Waals surface area contributed by atoms with Gasteiger partial charge < -0.3 is 4.90 Å². The summed E-state index contributed by atoms with van der Waals surface area (Å²) >= 11 is 3.54. The van der Waals surface area contributed by atoms with Crippen LogP contribution in [0.2, 0.25) is 0 Å². The molecule has 0 unspecified atom stereocenters. The molecule has 3 heteroatoms. The molecule has 0 bridgehead atoms. The maximum Gasteiger partial charge on any atom is 0.237 e. The average Bonchev–Trinajstić information content (AvgIpc) is 2.43. The Hall–Kier alpha value is -0.830. The second kappa shape index (κ2) is 3.34. The summed E-state index contributed by atoms with van der Waals surface area (Å²) in [5.74, 6) is 0.187. The minimum absolute atomic E-state index is 0.187. The number of anilines is 1. The van der Waals surface area contributed by atoms with Gasteiger partial charge in [0.1, 0.15) is 0 Å². The lowest BCUT2D eigenvalue weighted by atomic mass is 9.81. The third-order valence-electron chi connectivity index (χ3n) is 3.39. The molecule has 2 rings (SSSR count). The maximum absolute atomic E-state index is 12.2. The van der Waals surface area contributed by atoms with Gasteiger partial charge in [0.15, 0.2) is 0 Å². The zero-order valence-electron chi connectivity index (χ0n) is 9.17. The molecule has 2 nitrogen and oxygen atoms in total. The van der Waals surface area contributed by atoms with Crippen molar-refractivity contribution in [2.75, 3.05) is 11.9 Å². The van der Waals surface area contributed by atoms with Gasteiger partial charge in [-0.15, -0.1) is 0 Å². The van der Waals surface area contributed by atoms with Crippen molar-refractivity contribution in [2.24, 2.45) is 0 Å². The van der Waals surface area contributed by atoms with Crippen molar-refractivity contribution in [3.05, 3.63) is 28.2 Å². The van der Waals surface area contributed by atoms with Gasteiger partial charge in [-0.05, 0) is 25.5 Å². The summed E-state index contributed by atoms with van der Waals surface area (Å²) < 4.78 is 1.03. The molecule has 1 heterocycles. The van der Waals surface area contributed by atoms with Gasteiger partial charge >= 0.3 is 0 Å². The van der Waals surface area contributed by atoms with E-state index < -0.39 is 0 Å². The summed E-state index contributed by atoms with van der Waals surface area (Å²) in [5.41, 5.74) is 1.78. The SMILES string of the molecule is CC[C@]1(C)C(=O)N(C)c2cccc(Br)c21. The zero-order chi connectivity index (χ0) is 11.2. The van der Waals surface area contributed by atoms with E-state index >= 15 is 0 Å². The Labute approximate surface area is 98.4 Å². The van der Waals surface area contributed by atoms with Crippen molar-refractivity contribution in [1.82, 2.24) is 0 Å². The molecular formula is C12H14BrNO. The van der Waals surface area contributed by atoms with Gasteiger partial charge in [0.2, 0.25) is 5.91 Å². The van der Waals surface area contributed by atoms with E-state index in [4.69, 9.17) is 0 Å². The Morgan fingerprint density at radius 2 is 2.13 bits per heavy atom. The van der Waals surface area contributed by atoms with Crippen molar-refractivity contribution in [3.8, 4) is 0 Å². The van der Waals surface area contributed by atoms with Crippen LogP contribution in [-0.2, 0) is 10.2 Å². The fourth-order valence-corrected chi connectivity index (χ4v) is 3.05. The largest absolute Gasteiger partial charge is 0.314 e. The molecule has 0 N–H and O–H groups in total. The van der Waals surface area contributed by atoms with Crippen LogP contribution in [0, 0.1) is 0 Å². The lowest BCUT2D eigenvalue weighted by Gasteiger charge is -2.21. The van der Waals surface area contributed by atoms with Gasteiger partial charge in [-0.2, -0.15) is 0 Å². The number of likely N-dealkylation sites (N-methyl/N-ethyl adjacent to an activating group) is 1. The standard InChI is InChI=1S/C12H14BrNO/c1-4-12(2)10-8(13)6-5-7-9(10)14(3)11(12)15/h5-7H,4H2,1-3H3/t12-/m0/s1. The minimum atomic E-state index is -0.371. The normalized spacial score (nSPS) is 24.5. The lowest BCUT2D eigenvalue weighted by molar-refractivity contribution is -0.122. The quantitative estimate of drug-likeness (QED) is 0.766. The van der Waals surface area contributed by atoms with Crippen LogP contribution >= 0.6 is 15.9 Å². The van der Waals surface area contributed by atoms with E-state index in [1.54, 1.807) is 4.90 Å². The summed E-state index contributed by atoms with van der Waals surface area (Å²) in [7, 11) is 1.84. The van der Waals surface area contributed by atoms with Gasteiger partial charge in [-0.25, -0.2) is 0 Å². The predicted molar refractivity (Wildman–Crippen MR) is 65.2 cm³/mol. The molecular weight excluding hydrogens is 254 g/mol. The highest BCUT2D eigenvalue weighted by Crippen LogP contribution is 2.46. The highest BCUT2D eigenvalue weighted by molar-refractivity contribution is 9.10. The monoisotopic (exact) mass is 267 g/mol. The van der Waals surface area contributed by atoms with Gasteiger partial charge in [-0.3, -0.25) is 4.79 Å². The Morgan fingerprint density at radius 3 is 2.73 bits per heavy atom. The number of hydrogen-bond acceptors (Lipinski definition) is 1. The fourth-order valence-electron chi connectivity index (χ4n) is 2.25. The maximum atomic E-state index is 12.2. The third kappa shape index (κ3) is 1.26. The number of amides is 1. The average molecular weight is 268 g/mol. The van der Waals surface area contributed by atoms with Crippen LogP contribution in [0.4, 0.5) is 5.69 Å². The van der Waals surface area contributed by atoms with E-state index in [2.05, 4.69) is 22.9 Å². The first-order valence-electron chi connectivity index (χ1n) is 5.09. The van der Waals surface area contributed by atoms with Crippen LogP contribution in [0.1, 0.15) is 25.8 Å². The first-order chi connectivity index (χ1) is 7.02. The van der Waals surface area contributed by atoms with Gasteiger partial charge in [0.25, 0.3) is 0 Å². The number of fused-ring (bicyclic) bond motifs is 1. The van der Waals surface area contributed by atoms with Crippen molar-refractivity contribution in [1.29, 1.82) is 0 Å². The first-order valence-corrected chi connectivity index (χ1v) is 5.89. The fraction of sp³-hybridized carbons (Fsp3) is 0.417. The number of rotatable bonds is 1. The molecule has 1 aliphatic heterocycles. The number of halogens is 1. The third-order valence-corrected chi connectivity index (χ3v) is 4.05. The predicted octanol–water partition coefficient (Wildman–Crippen LogP) is 3.09. The van der Waals surface area contributed by atoms with Crippen LogP contribution in [0.5, 0.6) is 0 Å². The molecule has 0 fully saturated rings. The van der Waals surface area contributed by atoms with E-state index in [-0.39, 0.29) is 11.3 Å². The van der Waals surface area contributed by atoms with Gasteiger partial charge in [0.05, 0.1) is 5.41 Å². The Bertz CT molecular complexity index is 430. The molecule has 0 spiro atoms. The summed E-state index contributed by atoms with van der Waals surface area (Å²) in [6, 6.07) is 5.96. The van der Waals surface area contributed by atoms with Crippen LogP contribution in [0.25, 0.3) is 0 Å². The minimum Gasteiger partial charge on any atom is -0.314 e. The summed E-state index contributed by atoms with van der Waals surface area (Å²) in [6.07, 6.45) is 0.825. The number of hydrogen-bond donors (Lipinski definition) is 0. The van der Waals surface area contributed by atoms with Crippen molar-refractivity contribution >= 4 is 27.5 Å². The number of carbonyl (C=O) groups is 1. The number of carbonyl (C=O) groups excluding carboxylic acids is 1. The summed E-state index contributed by atoms with van der Waals surface area (Å²) in [4.78, 5) is 13.9. The molecule has 1 aromatic carbocycles. The molecule has 15 heavy (non-hydrogen) atoms. The molecule has 0 radical (unpaired) electrons. The molecule has 0 saturated heterocycles. The molecule has 1 amide bonds. The highest BCUT2D eigenvalue weighted by Gasteiger charge is 2.45. The Kier molecular flexibility index (Phi) is 2.38. The molecule has 0 aliphatic carbocycles. The zero-order valence-corrected chi connectivity index (χ0v) is 10.8. The number of nitrogens with zero attached hydrogens (tertiary/aromatic N) is 1. The highest BCUT2D eigenvalue weighted by atomic mass is 79.9. The first kappa shape index (κ1) is 10.7. The Morgan fingerprint density at radius 1 is 1.47 bits per heavy atom. The Balaban J connectivity index is 2.73. The molecule has 0 saturated carbocycles. The van der Waals surface area contributed by atoms with E-state index in [0.717, 1.165) is 22.1 Å². The summed E-state index contributed by atoms with van der Waals surface area (Å²) in [5, 5.41) is 0. The van der Waals surface area contributed by atoms with Gasteiger partial charge in [-0.1, -0.05) is 28.9 Å². The molecule has 80 valence electrons. The second-order valence-corrected chi connectivity index (χ2v) is 5.04. The van der Waals surface area contributed by atoms with E-state index in [1.807, 2.05) is 32.2 Å². The lowest BCUT2D eigenvalue weighted by Crippen LogP contribution is -2.35. The van der Waals surface area contributed by atoms with Crippen molar-refractivity contribution in [3.63, 3.8) is 0 Å². The topological polar surface area (TPSA) is 20.3 Å². The second-order valence-electron chi connectivity index (χ2n) is 4.18. The molecule has 1 atom stereocenters. The molecule has 1 aliphatic rings. The van der Waals surface area contributed by atoms with Crippen LogP contribution < -0.4 is 4.90 Å². The number of benzene rings is 1. The van der Waals surface area contributed by atoms with Crippen molar-refractivity contribution < 1.29 is 4.79 Å². The van der Waals surface area contributed by atoms with Crippen LogP contribution in [0.3, 0.4) is 0 Å². The van der Waals surface area contributed by atoms with E-state index in [0.29, 0.717) is 0 Å². The summed E-state index contributed by atoms with van der Waals surface area (Å²) in [6.45, 7) is 4.07. The van der Waals surface area contributed by atoms with Crippen LogP contribution in [-0.4, -0.2) is 13.0 Å². The molecule has 1 aromatic rings. The van der Waals surface area contributed by atoms with E-state index in [1.165, 1.54) is 0 Å².